The maximum atomic E-state index is 12.1. The van der Waals surface area contributed by atoms with E-state index in [9.17, 15) is 9.59 Å². The fourth-order valence-electron chi connectivity index (χ4n) is 1.54. The second-order valence-corrected chi connectivity index (χ2v) is 3.88. The van der Waals surface area contributed by atoms with Crippen LogP contribution in [0.2, 0.25) is 0 Å². The van der Waals surface area contributed by atoms with E-state index in [0.29, 0.717) is 17.8 Å². The van der Waals surface area contributed by atoms with Crippen LogP contribution in [0.15, 0.2) is 18.2 Å². The Morgan fingerprint density at radius 2 is 2.00 bits per heavy atom. The molecule has 1 rings (SSSR count). The summed E-state index contributed by atoms with van der Waals surface area (Å²) in [6, 6.07) is 5.22. The lowest BCUT2D eigenvalue weighted by Crippen LogP contribution is -2.38. The quantitative estimate of drug-likeness (QED) is 0.746. The number of nitrogens with two attached hydrogens (primary N) is 2. The normalized spacial score (nSPS) is 10.0. The minimum absolute atomic E-state index is 0.0945. The number of aryl methyl sites for hydroxylation is 1. The first-order chi connectivity index (χ1) is 7.95. The second kappa shape index (κ2) is 5.34. The number of hydrogen-bond acceptors (Lipinski definition) is 3. The van der Waals surface area contributed by atoms with Crippen molar-refractivity contribution in [2.75, 3.05) is 18.8 Å². The fourth-order valence-corrected chi connectivity index (χ4v) is 1.54. The van der Waals surface area contributed by atoms with Gasteiger partial charge in [-0.2, -0.15) is 0 Å². The van der Waals surface area contributed by atoms with E-state index < -0.39 is 5.91 Å². The molecule has 0 aliphatic heterocycles. The lowest BCUT2D eigenvalue weighted by molar-refractivity contribution is -0.118. The van der Waals surface area contributed by atoms with Gasteiger partial charge in [-0.3, -0.25) is 9.59 Å². The zero-order chi connectivity index (χ0) is 13.0. The minimum Gasteiger partial charge on any atom is -0.398 e. The lowest BCUT2D eigenvalue weighted by Gasteiger charge is -2.20. The molecular formula is C12H17N3O2. The number of anilines is 1. The molecular weight excluding hydrogens is 218 g/mol. The highest BCUT2D eigenvalue weighted by Gasteiger charge is 2.18. The molecule has 1 aromatic carbocycles. The maximum absolute atomic E-state index is 12.1. The standard InChI is InChI=1S/C12H17N3O2/c1-3-15(7-11(14)16)12(17)9-6-8(2)4-5-10(9)13/h4-6H,3,7,13H2,1-2H3,(H2,14,16). The van der Waals surface area contributed by atoms with Crippen LogP contribution >= 0.6 is 0 Å². The predicted molar refractivity (Wildman–Crippen MR) is 66.4 cm³/mol. The molecule has 2 amide bonds. The molecule has 5 nitrogen and oxygen atoms in total. The van der Waals surface area contributed by atoms with Crippen molar-refractivity contribution in [2.45, 2.75) is 13.8 Å². The Morgan fingerprint density at radius 3 is 2.53 bits per heavy atom. The van der Waals surface area contributed by atoms with Crippen LogP contribution in [0, 0.1) is 6.92 Å². The summed E-state index contributed by atoms with van der Waals surface area (Å²) >= 11 is 0. The summed E-state index contributed by atoms with van der Waals surface area (Å²) in [7, 11) is 0. The Hall–Kier alpha value is -2.04. The van der Waals surface area contributed by atoms with E-state index in [2.05, 4.69) is 0 Å². The number of amides is 2. The molecule has 0 spiro atoms. The van der Waals surface area contributed by atoms with E-state index in [-0.39, 0.29) is 12.5 Å². The van der Waals surface area contributed by atoms with Gasteiger partial charge in [-0.25, -0.2) is 0 Å². The number of carbonyl (C=O) groups excluding carboxylic acids is 2. The lowest BCUT2D eigenvalue weighted by atomic mass is 10.1. The molecule has 1 aromatic rings. The highest BCUT2D eigenvalue weighted by atomic mass is 16.2. The smallest absolute Gasteiger partial charge is 0.256 e. The molecule has 0 aromatic heterocycles. The molecule has 5 heteroatoms. The van der Waals surface area contributed by atoms with Gasteiger partial charge >= 0.3 is 0 Å². The molecule has 17 heavy (non-hydrogen) atoms. The Kier molecular flexibility index (Phi) is 4.09. The average molecular weight is 235 g/mol. The molecule has 0 saturated carbocycles. The van der Waals surface area contributed by atoms with Crippen LogP contribution in [0.5, 0.6) is 0 Å². The van der Waals surface area contributed by atoms with Crippen LogP contribution in [0.25, 0.3) is 0 Å². The van der Waals surface area contributed by atoms with Gasteiger partial charge in [0.05, 0.1) is 12.1 Å². The SMILES string of the molecule is CCN(CC(N)=O)C(=O)c1cc(C)ccc1N. The summed E-state index contributed by atoms with van der Waals surface area (Å²) in [5.74, 6) is -0.807. The van der Waals surface area contributed by atoms with Gasteiger partial charge in [0.25, 0.3) is 5.91 Å². The highest BCUT2D eigenvalue weighted by Crippen LogP contribution is 2.16. The first-order valence-corrected chi connectivity index (χ1v) is 5.39. The highest BCUT2D eigenvalue weighted by molar-refractivity contribution is 6.00. The number of likely N-dealkylation sites (N-methyl/N-ethyl adjacent to an activating group) is 1. The van der Waals surface area contributed by atoms with Crippen LogP contribution in [-0.4, -0.2) is 29.8 Å². The van der Waals surface area contributed by atoms with Crippen LogP contribution < -0.4 is 11.5 Å². The number of benzene rings is 1. The van der Waals surface area contributed by atoms with E-state index in [0.717, 1.165) is 5.56 Å². The molecule has 0 radical (unpaired) electrons. The van der Waals surface area contributed by atoms with Crippen molar-refractivity contribution in [1.29, 1.82) is 0 Å². The van der Waals surface area contributed by atoms with Gasteiger partial charge < -0.3 is 16.4 Å². The fraction of sp³-hybridized carbons (Fsp3) is 0.333. The van der Waals surface area contributed by atoms with E-state index >= 15 is 0 Å². The van der Waals surface area contributed by atoms with Crippen LogP contribution in [0.4, 0.5) is 5.69 Å². The Morgan fingerprint density at radius 1 is 1.35 bits per heavy atom. The molecule has 0 aliphatic rings. The third kappa shape index (κ3) is 3.21. The third-order valence-corrected chi connectivity index (χ3v) is 2.45. The average Bonchev–Trinajstić information content (AvgIpc) is 2.28. The Labute approximate surface area is 100 Å². The molecule has 0 bridgehead atoms. The molecule has 0 aliphatic carbocycles. The summed E-state index contributed by atoms with van der Waals surface area (Å²) in [4.78, 5) is 24.3. The summed E-state index contributed by atoms with van der Waals surface area (Å²) in [5.41, 5.74) is 12.6. The summed E-state index contributed by atoms with van der Waals surface area (Å²) in [6.45, 7) is 3.98. The molecule has 0 unspecified atom stereocenters. The van der Waals surface area contributed by atoms with Crippen molar-refractivity contribution in [1.82, 2.24) is 4.90 Å². The molecule has 4 N–H and O–H groups in total. The van der Waals surface area contributed by atoms with Crippen LogP contribution in [-0.2, 0) is 4.79 Å². The Balaban J connectivity index is 3.01. The number of nitrogens with zero attached hydrogens (tertiary/aromatic N) is 1. The monoisotopic (exact) mass is 235 g/mol. The minimum atomic E-state index is -0.536. The molecule has 0 fully saturated rings. The second-order valence-electron chi connectivity index (χ2n) is 3.88. The Bertz CT molecular complexity index is 443. The number of carbonyl (C=O) groups is 2. The van der Waals surface area contributed by atoms with Gasteiger partial charge in [0.1, 0.15) is 0 Å². The van der Waals surface area contributed by atoms with Gasteiger partial charge in [0, 0.05) is 12.2 Å². The number of nitrogen functional groups attached to an aromatic ring is 1. The maximum Gasteiger partial charge on any atom is 0.256 e. The van der Waals surface area contributed by atoms with Gasteiger partial charge in [0.2, 0.25) is 5.91 Å². The molecule has 0 atom stereocenters. The zero-order valence-corrected chi connectivity index (χ0v) is 10.1. The van der Waals surface area contributed by atoms with Gasteiger partial charge in [-0.15, -0.1) is 0 Å². The van der Waals surface area contributed by atoms with Crippen molar-refractivity contribution >= 4 is 17.5 Å². The van der Waals surface area contributed by atoms with E-state index in [4.69, 9.17) is 11.5 Å². The van der Waals surface area contributed by atoms with Crippen LogP contribution in [0.1, 0.15) is 22.8 Å². The number of hydrogen-bond donors (Lipinski definition) is 2. The van der Waals surface area contributed by atoms with Crippen molar-refractivity contribution in [3.8, 4) is 0 Å². The topological polar surface area (TPSA) is 89.4 Å². The molecule has 0 saturated heterocycles. The zero-order valence-electron chi connectivity index (χ0n) is 10.1. The van der Waals surface area contributed by atoms with E-state index in [1.54, 1.807) is 19.1 Å². The largest absolute Gasteiger partial charge is 0.398 e. The number of rotatable bonds is 4. The molecule has 0 heterocycles. The van der Waals surface area contributed by atoms with Crippen molar-refractivity contribution in [3.05, 3.63) is 29.3 Å². The number of primary amides is 1. The molecule has 92 valence electrons. The third-order valence-electron chi connectivity index (χ3n) is 2.45. The summed E-state index contributed by atoms with van der Waals surface area (Å²) < 4.78 is 0. The van der Waals surface area contributed by atoms with Gasteiger partial charge in [-0.05, 0) is 26.0 Å². The van der Waals surface area contributed by atoms with Crippen molar-refractivity contribution in [2.24, 2.45) is 5.73 Å². The predicted octanol–water partition coefficient (Wildman–Crippen LogP) is 0.525. The van der Waals surface area contributed by atoms with E-state index in [1.807, 2.05) is 13.0 Å². The van der Waals surface area contributed by atoms with Crippen molar-refractivity contribution < 1.29 is 9.59 Å². The summed E-state index contributed by atoms with van der Waals surface area (Å²) in [5, 5.41) is 0. The van der Waals surface area contributed by atoms with Gasteiger partial charge in [-0.1, -0.05) is 11.6 Å². The van der Waals surface area contributed by atoms with Crippen LogP contribution in [0.3, 0.4) is 0 Å². The first-order valence-electron chi connectivity index (χ1n) is 5.39. The van der Waals surface area contributed by atoms with E-state index in [1.165, 1.54) is 4.90 Å². The summed E-state index contributed by atoms with van der Waals surface area (Å²) in [6.07, 6.45) is 0. The first kappa shape index (κ1) is 13.0. The van der Waals surface area contributed by atoms with Gasteiger partial charge in [0.15, 0.2) is 0 Å². The van der Waals surface area contributed by atoms with Crippen molar-refractivity contribution in [3.63, 3.8) is 0 Å².